The molecule has 0 aliphatic heterocycles. The molecule has 1 heterocycles. The van der Waals surface area contributed by atoms with E-state index in [1.54, 1.807) is 18.2 Å². The Hall–Kier alpha value is -1.49. The van der Waals surface area contributed by atoms with Gasteiger partial charge in [-0.15, -0.1) is 0 Å². The summed E-state index contributed by atoms with van der Waals surface area (Å²) in [6.07, 6.45) is 1.26. The summed E-state index contributed by atoms with van der Waals surface area (Å²) >= 11 is 18.0. The van der Waals surface area contributed by atoms with Crippen LogP contribution in [0.15, 0.2) is 24.4 Å². The number of aliphatic carboxylic acids is 1. The molecule has 0 saturated heterocycles. The van der Waals surface area contributed by atoms with Gasteiger partial charge in [-0.25, -0.2) is 4.98 Å². The van der Waals surface area contributed by atoms with E-state index in [-0.39, 0.29) is 22.3 Å². The molecule has 4 nitrogen and oxygen atoms in total. The summed E-state index contributed by atoms with van der Waals surface area (Å²) in [5.74, 6) is -0.720. The SMILES string of the molecule is Nc1ncc(CC(=O)O)cc1-c1ccc(Cl)c(Cl)c1Cl. The first-order chi connectivity index (χ1) is 9.40. The van der Waals surface area contributed by atoms with Crippen LogP contribution >= 0.6 is 34.8 Å². The van der Waals surface area contributed by atoms with Crippen molar-refractivity contribution in [2.24, 2.45) is 0 Å². The highest BCUT2D eigenvalue weighted by Gasteiger charge is 2.14. The lowest BCUT2D eigenvalue weighted by molar-refractivity contribution is -0.136. The standard InChI is InChI=1S/C13H9Cl3N2O2/c14-9-2-1-7(11(15)12(9)16)8-3-6(4-10(19)20)5-18-13(8)17/h1-3,5H,4H2,(H2,17,18)(H,19,20). The quantitative estimate of drug-likeness (QED) is 0.836. The number of benzene rings is 1. The minimum atomic E-state index is -0.956. The lowest BCUT2D eigenvalue weighted by atomic mass is 10.0. The average molecular weight is 332 g/mol. The van der Waals surface area contributed by atoms with Crippen LogP contribution in [-0.4, -0.2) is 16.1 Å². The maximum atomic E-state index is 10.7. The zero-order valence-electron chi connectivity index (χ0n) is 10.0. The van der Waals surface area contributed by atoms with E-state index in [9.17, 15) is 4.79 Å². The van der Waals surface area contributed by atoms with Crippen molar-refractivity contribution in [2.45, 2.75) is 6.42 Å². The van der Waals surface area contributed by atoms with Crippen LogP contribution in [0.2, 0.25) is 15.1 Å². The Morgan fingerprint density at radius 2 is 1.90 bits per heavy atom. The molecule has 0 amide bonds. The van der Waals surface area contributed by atoms with Crippen molar-refractivity contribution in [2.75, 3.05) is 5.73 Å². The minimum absolute atomic E-state index is 0.154. The van der Waals surface area contributed by atoms with E-state index in [0.29, 0.717) is 21.7 Å². The number of pyridine rings is 1. The van der Waals surface area contributed by atoms with Crippen LogP contribution in [0.4, 0.5) is 5.82 Å². The summed E-state index contributed by atoms with van der Waals surface area (Å²) in [4.78, 5) is 14.7. The second kappa shape index (κ2) is 5.87. The van der Waals surface area contributed by atoms with Crippen LogP contribution in [0.1, 0.15) is 5.56 Å². The van der Waals surface area contributed by atoms with E-state index in [1.165, 1.54) is 6.20 Å². The number of carbonyl (C=O) groups is 1. The van der Waals surface area contributed by atoms with Crippen molar-refractivity contribution in [3.05, 3.63) is 45.0 Å². The van der Waals surface area contributed by atoms with Crippen LogP contribution in [0.25, 0.3) is 11.1 Å². The lowest BCUT2D eigenvalue weighted by Crippen LogP contribution is -2.03. The second-order valence-electron chi connectivity index (χ2n) is 4.07. The van der Waals surface area contributed by atoms with Crippen molar-refractivity contribution in [1.82, 2.24) is 4.98 Å². The van der Waals surface area contributed by atoms with Gasteiger partial charge in [0, 0.05) is 17.3 Å². The van der Waals surface area contributed by atoms with Gasteiger partial charge in [-0.2, -0.15) is 0 Å². The van der Waals surface area contributed by atoms with E-state index < -0.39 is 5.97 Å². The summed E-state index contributed by atoms with van der Waals surface area (Å²) in [6.45, 7) is 0. The highest BCUT2D eigenvalue weighted by atomic mass is 35.5. The number of anilines is 1. The summed E-state index contributed by atoms with van der Waals surface area (Å²) in [7, 11) is 0. The third kappa shape index (κ3) is 2.98. The molecule has 0 aliphatic rings. The fraction of sp³-hybridized carbons (Fsp3) is 0.0769. The molecule has 0 radical (unpaired) electrons. The van der Waals surface area contributed by atoms with Gasteiger partial charge in [-0.3, -0.25) is 4.79 Å². The van der Waals surface area contributed by atoms with Gasteiger partial charge in [0.15, 0.2) is 0 Å². The van der Waals surface area contributed by atoms with Crippen molar-refractivity contribution in [1.29, 1.82) is 0 Å². The molecular formula is C13H9Cl3N2O2. The van der Waals surface area contributed by atoms with Gasteiger partial charge in [0.1, 0.15) is 5.82 Å². The summed E-state index contributed by atoms with van der Waals surface area (Å²) < 4.78 is 0. The number of hydrogen-bond donors (Lipinski definition) is 2. The maximum Gasteiger partial charge on any atom is 0.307 e. The second-order valence-corrected chi connectivity index (χ2v) is 5.23. The Balaban J connectivity index is 2.57. The molecule has 0 bridgehead atoms. The lowest BCUT2D eigenvalue weighted by Gasteiger charge is -2.10. The van der Waals surface area contributed by atoms with Crippen molar-refractivity contribution in [3.8, 4) is 11.1 Å². The Labute approximate surface area is 130 Å². The molecule has 7 heteroatoms. The molecule has 0 unspecified atom stereocenters. The van der Waals surface area contributed by atoms with E-state index >= 15 is 0 Å². The summed E-state index contributed by atoms with van der Waals surface area (Å²) in [6, 6.07) is 4.88. The normalized spacial score (nSPS) is 10.6. The number of aromatic nitrogens is 1. The molecule has 0 saturated carbocycles. The van der Waals surface area contributed by atoms with Gasteiger partial charge < -0.3 is 10.8 Å². The van der Waals surface area contributed by atoms with Crippen LogP contribution in [-0.2, 0) is 11.2 Å². The molecule has 0 fully saturated rings. The number of nitrogens with two attached hydrogens (primary N) is 1. The largest absolute Gasteiger partial charge is 0.481 e. The fourth-order valence-electron chi connectivity index (χ4n) is 1.74. The fourth-order valence-corrected chi connectivity index (χ4v) is 2.38. The number of carboxylic acid groups (broad SMARTS) is 1. The van der Waals surface area contributed by atoms with Crippen molar-refractivity contribution >= 4 is 46.6 Å². The first-order valence-electron chi connectivity index (χ1n) is 5.50. The van der Waals surface area contributed by atoms with E-state index in [4.69, 9.17) is 45.6 Å². The molecule has 2 aromatic rings. The summed E-state index contributed by atoms with van der Waals surface area (Å²) in [5.41, 5.74) is 7.41. The monoisotopic (exact) mass is 330 g/mol. The predicted molar refractivity (Wildman–Crippen MR) is 80.5 cm³/mol. The van der Waals surface area contributed by atoms with E-state index in [0.717, 1.165) is 0 Å². The van der Waals surface area contributed by atoms with Crippen LogP contribution in [0.3, 0.4) is 0 Å². The number of hydrogen-bond acceptors (Lipinski definition) is 3. The topological polar surface area (TPSA) is 76.2 Å². The Morgan fingerprint density at radius 1 is 1.20 bits per heavy atom. The van der Waals surface area contributed by atoms with Crippen LogP contribution < -0.4 is 5.73 Å². The first kappa shape index (κ1) is 14.9. The maximum absolute atomic E-state index is 10.7. The van der Waals surface area contributed by atoms with Gasteiger partial charge in [0.05, 0.1) is 21.5 Å². The third-order valence-electron chi connectivity index (χ3n) is 2.66. The van der Waals surface area contributed by atoms with Crippen molar-refractivity contribution < 1.29 is 9.90 Å². The Bertz CT molecular complexity index is 690. The van der Waals surface area contributed by atoms with Gasteiger partial charge >= 0.3 is 5.97 Å². The van der Waals surface area contributed by atoms with Crippen LogP contribution in [0.5, 0.6) is 0 Å². The molecule has 1 aromatic carbocycles. The predicted octanol–water partition coefficient (Wildman–Crippen LogP) is 3.92. The van der Waals surface area contributed by atoms with E-state index in [1.807, 2.05) is 0 Å². The molecule has 104 valence electrons. The number of rotatable bonds is 3. The Morgan fingerprint density at radius 3 is 2.55 bits per heavy atom. The van der Waals surface area contributed by atoms with Gasteiger partial charge in [-0.1, -0.05) is 40.9 Å². The van der Waals surface area contributed by atoms with Crippen LogP contribution in [0, 0.1) is 0 Å². The molecule has 1 aromatic heterocycles. The number of nitrogen functional groups attached to an aromatic ring is 1. The zero-order valence-corrected chi connectivity index (χ0v) is 12.3. The minimum Gasteiger partial charge on any atom is -0.481 e. The molecule has 20 heavy (non-hydrogen) atoms. The zero-order chi connectivity index (χ0) is 14.9. The highest BCUT2D eigenvalue weighted by molar-refractivity contribution is 6.49. The van der Waals surface area contributed by atoms with Gasteiger partial charge in [-0.05, 0) is 17.7 Å². The Kier molecular flexibility index (Phi) is 4.38. The van der Waals surface area contributed by atoms with Gasteiger partial charge in [0.2, 0.25) is 0 Å². The van der Waals surface area contributed by atoms with Gasteiger partial charge in [0.25, 0.3) is 0 Å². The number of carboxylic acids is 1. The molecule has 0 spiro atoms. The smallest absolute Gasteiger partial charge is 0.307 e. The molecular weight excluding hydrogens is 323 g/mol. The first-order valence-corrected chi connectivity index (χ1v) is 6.63. The average Bonchev–Trinajstić information content (AvgIpc) is 2.38. The molecule has 3 N–H and O–H groups in total. The number of nitrogens with zero attached hydrogens (tertiary/aromatic N) is 1. The highest BCUT2D eigenvalue weighted by Crippen LogP contribution is 2.39. The molecule has 0 atom stereocenters. The molecule has 2 rings (SSSR count). The van der Waals surface area contributed by atoms with E-state index in [2.05, 4.69) is 4.98 Å². The van der Waals surface area contributed by atoms with Crippen molar-refractivity contribution in [3.63, 3.8) is 0 Å². The summed E-state index contributed by atoms with van der Waals surface area (Å²) in [5, 5.41) is 9.60. The third-order valence-corrected chi connectivity index (χ3v) is 3.95. The molecule has 0 aliphatic carbocycles. The number of halogens is 3.